The Morgan fingerprint density at radius 3 is 2.61 bits per heavy atom. The number of pyridine rings is 1. The summed E-state index contributed by atoms with van der Waals surface area (Å²) in [5.41, 5.74) is 0.102. The van der Waals surface area contributed by atoms with Crippen LogP contribution in [0.2, 0.25) is 0 Å². The van der Waals surface area contributed by atoms with Gasteiger partial charge in [-0.1, -0.05) is 11.2 Å². The molecule has 11 nitrogen and oxygen atoms in total. The van der Waals surface area contributed by atoms with Gasteiger partial charge in [-0.25, -0.2) is 19.3 Å². The molecular weight excluding hydrogens is 431 g/mol. The van der Waals surface area contributed by atoms with Crippen LogP contribution in [0.3, 0.4) is 0 Å². The zero-order chi connectivity index (χ0) is 23.2. The van der Waals surface area contributed by atoms with Crippen molar-refractivity contribution in [1.82, 2.24) is 34.8 Å². The van der Waals surface area contributed by atoms with Crippen molar-refractivity contribution in [1.29, 1.82) is 0 Å². The summed E-state index contributed by atoms with van der Waals surface area (Å²) >= 11 is 0. The van der Waals surface area contributed by atoms with Crippen molar-refractivity contribution >= 4 is 17.7 Å². The third-order valence-corrected chi connectivity index (χ3v) is 5.37. The first-order valence-electron chi connectivity index (χ1n) is 10.1. The highest BCUT2D eigenvalue weighted by atomic mass is 19.1. The monoisotopic (exact) mass is 450 g/mol. The topological polar surface area (TPSA) is 135 Å². The van der Waals surface area contributed by atoms with Crippen molar-refractivity contribution < 1.29 is 18.8 Å². The van der Waals surface area contributed by atoms with Crippen molar-refractivity contribution in [2.75, 3.05) is 18.9 Å². The van der Waals surface area contributed by atoms with Gasteiger partial charge in [0.15, 0.2) is 17.4 Å². The minimum absolute atomic E-state index is 0.0107. The molecule has 1 aliphatic heterocycles. The lowest BCUT2D eigenvalue weighted by molar-refractivity contribution is -0.144. The quantitative estimate of drug-likeness (QED) is 0.467. The van der Waals surface area contributed by atoms with Crippen LogP contribution in [0.15, 0.2) is 47.2 Å². The molecule has 0 unspecified atom stereocenters. The highest BCUT2D eigenvalue weighted by Gasteiger charge is 2.48. The van der Waals surface area contributed by atoms with E-state index in [1.807, 2.05) is 0 Å². The summed E-state index contributed by atoms with van der Waals surface area (Å²) in [7, 11) is 3.23. The van der Waals surface area contributed by atoms with E-state index in [0.29, 0.717) is 29.3 Å². The Morgan fingerprint density at radius 1 is 1.15 bits per heavy atom. The predicted molar refractivity (Wildman–Crippen MR) is 113 cm³/mol. The SMILES string of the molecule is CN1CC[C@@](O)(c2cc(-c3cccc(-c4ccnc(Nc5nn(C)cc5F)n4)n3)no2)C1=O. The summed E-state index contributed by atoms with van der Waals surface area (Å²) in [5, 5.41) is 21.5. The number of carbonyl (C=O) groups is 1. The summed E-state index contributed by atoms with van der Waals surface area (Å²) < 4.78 is 20.5. The average Bonchev–Trinajstić information content (AvgIpc) is 3.50. The molecule has 1 atom stereocenters. The van der Waals surface area contributed by atoms with Gasteiger partial charge in [0.1, 0.15) is 5.69 Å². The Kier molecular flexibility index (Phi) is 4.86. The number of hydrogen-bond donors (Lipinski definition) is 2. The largest absolute Gasteiger partial charge is 0.373 e. The zero-order valence-corrected chi connectivity index (χ0v) is 17.7. The van der Waals surface area contributed by atoms with Gasteiger partial charge in [0.25, 0.3) is 5.91 Å². The van der Waals surface area contributed by atoms with Crippen molar-refractivity contribution in [3.05, 3.63) is 54.3 Å². The molecule has 1 aliphatic rings. The molecule has 0 aromatic carbocycles. The molecule has 4 aromatic heterocycles. The van der Waals surface area contributed by atoms with Crippen molar-refractivity contribution in [3.8, 4) is 22.8 Å². The lowest BCUT2D eigenvalue weighted by Gasteiger charge is -2.16. The van der Waals surface area contributed by atoms with Gasteiger partial charge < -0.3 is 19.8 Å². The number of likely N-dealkylation sites (tertiary alicyclic amines) is 1. The molecular formula is C21H19FN8O3. The van der Waals surface area contributed by atoms with Crippen LogP contribution < -0.4 is 5.32 Å². The Morgan fingerprint density at radius 2 is 1.91 bits per heavy atom. The molecule has 2 N–H and O–H groups in total. The van der Waals surface area contributed by atoms with Gasteiger partial charge in [0.2, 0.25) is 11.5 Å². The number of anilines is 2. The van der Waals surface area contributed by atoms with Crippen LogP contribution in [0.25, 0.3) is 22.8 Å². The number of carbonyl (C=O) groups excluding carboxylic acids is 1. The van der Waals surface area contributed by atoms with E-state index in [9.17, 15) is 14.3 Å². The minimum Gasteiger partial charge on any atom is -0.373 e. The second-order valence-corrected chi connectivity index (χ2v) is 7.71. The summed E-state index contributed by atoms with van der Waals surface area (Å²) in [6.07, 6.45) is 2.97. The molecule has 0 bridgehead atoms. The molecule has 0 radical (unpaired) electrons. The van der Waals surface area contributed by atoms with E-state index in [-0.39, 0.29) is 23.9 Å². The number of rotatable bonds is 5. The lowest BCUT2D eigenvalue weighted by atomic mass is 9.98. The number of nitrogens with one attached hydrogen (secondary N) is 1. The number of hydrogen-bond acceptors (Lipinski definition) is 9. The van der Waals surface area contributed by atoms with Crippen LogP contribution >= 0.6 is 0 Å². The Balaban J connectivity index is 1.42. The molecule has 0 spiro atoms. The van der Waals surface area contributed by atoms with E-state index in [4.69, 9.17) is 4.52 Å². The first-order valence-corrected chi connectivity index (χ1v) is 10.1. The van der Waals surface area contributed by atoms with Gasteiger partial charge in [-0.05, 0) is 18.2 Å². The van der Waals surface area contributed by atoms with E-state index in [0.717, 1.165) is 0 Å². The fourth-order valence-corrected chi connectivity index (χ4v) is 3.60. The number of amides is 1. The van der Waals surface area contributed by atoms with Crippen LogP contribution in [-0.2, 0) is 17.4 Å². The maximum atomic E-state index is 13.9. The first-order chi connectivity index (χ1) is 15.8. The molecule has 1 saturated heterocycles. The number of nitrogens with zero attached hydrogens (tertiary/aromatic N) is 7. The molecule has 168 valence electrons. The summed E-state index contributed by atoms with van der Waals surface area (Å²) in [4.78, 5) is 26.8. The number of aliphatic hydroxyl groups is 1. The van der Waals surface area contributed by atoms with Gasteiger partial charge in [-0.2, -0.15) is 5.10 Å². The van der Waals surface area contributed by atoms with Crippen molar-refractivity contribution in [2.45, 2.75) is 12.0 Å². The molecule has 5 rings (SSSR count). The van der Waals surface area contributed by atoms with Gasteiger partial charge in [0.05, 0.1) is 23.3 Å². The van der Waals surface area contributed by atoms with Crippen LogP contribution in [0.4, 0.5) is 16.2 Å². The minimum atomic E-state index is -1.73. The van der Waals surface area contributed by atoms with E-state index in [2.05, 4.69) is 30.5 Å². The highest BCUT2D eigenvalue weighted by molar-refractivity contribution is 5.87. The molecule has 33 heavy (non-hydrogen) atoms. The number of aromatic nitrogens is 6. The van der Waals surface area contributed by atoms with Crippen LogP contribution in [0.5, 0.6) is 0 Å². The molecule has 5 heterocycles. The Labute approximate surface area is 186 Å². The second-order valence-electron chi connectivity index (χ2n) is 7.71. The van der Waals surface area contributed by atoms with E-state index < -0.39 is 17.3 Å². The van der Waals surface area contributed by atoms with Crippen LogP contribution in [0.1, 0.15) is 12.2 Å². The third-order valence-electron chi connectivity index (χ3n) is 5.37. The Bertz CT molecular complexity index is 1350. The first kappa shape index (κ1) is 20.7. The van der Waals surface area contributed by atoms with Gasteiger partial charge in [-0.15, -0.1) is 0 Å². The molecule has 1 fully saturated rings. The molecule has 0 aliphatic carbocycles. The predicted octanol–water partition coefficient (Wildman–Crippen LogP) is 1.86. The van der Waals surface area contributed by atoms with E-state index >= 15 is 0 Å². The average molecular weight is 450 g/mol. The number of aryl methyl sites for hydroxylation is 1. The molecule has 0 saturated carbocycles. The number of likely N-dealkylation sites (N-methyl/N-ethyl adjacent to an activating group) is 1. The standard InChI is InChI=1S/C21H19FN8O3/c1-29-9-7-21(32,19(29)31)17-10-16(28-33-17)14-5-3-4-13(24-14)15-6-8-23-20(25-15)26-18-12(22)11-30(2)27-18/h3-6,8,10-11,32H,7,9H2,1-2H3,(H,23,25,26,27)/t21-/m1/s1. The van der Waals surface area contributed by atoms with E-state index in [1.165, 1.54) is 28.0 Å². The maximum Gasteiger partial charge on any atom is 0.262 e. The van der Waals surface area contributed by atoms with Crippen LogP contribution in [-0.4, -0.2) is 59.4 Å². The zero-order valence-electron chi connectivity index (χ0n) is 17.7. The summed E-state index contributed by atoms with van der Waals surface area (Å²) in [6, 6.07) is 8.42. The fourth-order valence-electron chi connectivity index (χ4n) is 3.60. The molecule has 4 aromatic rings. The maximum absolute atomic E-state index is 13.9. The van der Waals surface area contributed by atoms with Gasteiger partial charge >= 0.3 is 0 Å². The van der Waals surface area contributed by atoms with Crippen molar-refractivity contribution in [2.24, 2.45) is 7.05 Å². The Hall–Kier alpha value is -4.19. The molecule has 12 heteroatoms. The number of halogens is 1. The second kappa shape index (κ2) is 7.74. The van der Waals surface area contributed by atoms with E-state index in [1.54, 1.807) is 38.4 Å². The van der Waals surface area contributed by atoms with Crippen molar-refractivity contribution in [3.63, 3.8) is 0 Å². The highest BCUT2D eigenvalue weighted by Crippen LogP contribution is 2.34. The summed E-state index contributed by atoms with van der Waals surface area (Å²) in [6.45, 7) is 0.422. The summed E-state index contributed by atoms with van der Waals surface area (Å²) in [5.74, 6) is -0.715. The third kappa shape index (κ3) is 3.69. The smallest absolute Gasteiger partial charge is 0.262 e. The molecule has 1 amide bonds. The lowest BCUT2D eigenvalue weighted by Crippen LogP contribution is -2.35. The fraction of sp³-hybridized carbons (Fsp3) is 0.238. The van der Waals surface area contributed by atoms with Gasteiger partial charge in [-0.3, -0.25) is 9.48 Å². The van der Waals surface area contributed by atoms with Gasteiger partial charge in [0, 0.05) is 39.3 Å². The normalized spacial score (nSPS) is 18.2. The van der Waals surface area contributed by atoms with Crippen LogP contribution in [0, 0.1) is 5.82 Å².